The van der Waals surface area contributed by atoms with Crippen molar-refractivity contribution in [2.75, 3.05) is 18.0 Å². The zero-order chi connectivity index (χ0) is 11.1. The SMILES string of the molecule is Fc1cnc(N2CC(C(F)(F)F)C2)nc1. The van der Waals surface area contributed by atoms with Gasteiger partial charge in [-0.05, 0) is 0 Å². The highest BCUT2D eigenvalue weighted by Crippen LogP contribution is 2.34. The monoisotopic (exact) mass is 221 g/mol. The maximum absolute atomic E-state index is 12.4. The number of hydrogen-bond acceptors (Lipinski definition) is 3. The smallest absolute Gasteiger partial charge is 0.339 e. The van der Waals surface area contributed by atoms with Gasteiger partial charge in [0.15, 0.2) is 5.82 Å². The predicted molar refractivity (Wildman–Crippen MR) is 43.7 cm³/mol. The molecule has 1 aromatic rings. The second kappa shape index (κ2) is 3.32. The van der Waals surface area contributed by atoms with Gasteiger partial charge in [0.1, 0.15) is 0 Å². The molecule has 0 aromatic carbocycles. The molecule has 82 valence electrons. The topological polar surface area (TPSA) is 29.0 Å². The highest BCUT2D eigenvalue weighted by molar-refractivity contribution is 5.33. The van der Waals surface area contributed by atoms with Crippen LogP contribution in [0.25, 0.3) is 0 Å². The molecule has 1 fully saturated rings. The zero-order valence-corrected chi connectivity index (χ0v) is 7.50. The molecule has 0 aliphatic carbocycles. The van der Waals surface area contributed by atoms with Gasteiger partial charge in [0.05, 0.1) is 18.3 Å². The van der Waals surface area contributed by atoms with Crippen molar-refractivity contribution in [2.45, 2.75) is 6.18 Å². The molecule has 0 atom stereocenters. The Kier molecular flexibility index (Phi) is 2.24. The van der Waals surface area contributed by atoms with Crippen LogP contribution in [0.2, 0.25) is 0 Å². The summed E-state index contributed by atoms with van der Waals surface area (Å²) in [4.78, 5) is 8.54. The number of hydrogen-bond donors (Lipinski definition) is 0. The van der Waals surface area contributed by atoms with Crippen molar-refractivity contribution in [1.82, 2.24) is 9.97 Å². The third-order valence-electron chi connectivity index (χ3n) is 2.23. The van der Waals surface area contributed by atoms with Gasteiger partial charge in [-0.15, -0.1) is 0 Å². The zero-order valence-electron chi connectivity index (χ0n) is 7.50. The minimum Gasteiger partial charge on any atom is -0.339 e. The Morgan fingerprint density at radius 1 is 1.20 bits per heavy atom. The summed E-state index contributed by atoms with van der Waals surface area (Å²) in [5, 5.41) is 0. The van der Waals surface area contributed by atoms with E-state index in [-0.39, 0.29) is 19.0 Å². The summed E-state index contributed by atoms with van der Waals surface area (Å²) < 4.78 is 48.8. The van der Waals surface area contributed by atoms with Crippen LogP contribution in [0.3, 0.4) is 0 Å². The summed E-state index contributed by atoms with van der Waals surface area (Å²) in [6, 6.07) is 0. The second-order valence-corrected chi connectivity index (χ2v) is 3.34. The van der Waals surface area contributed by atoms with E-state index in [0.717, 1.165) is 12.4 Å². The van der Waals surface area contributed by atoms with E-state index in [2.05, 4.69) is 9.97 Å². The van der Waals surface area contributed by atoms with Gasteiger partial charge < -0.3 is 4.90 Å². The lowest BCUT2D eigenvalue weighted by molar-refractivity contribution is -0.180. The van der Waals surface area contributed by atoms with Crippen LogP contribution in [-0.4, -0.2) is 29.2 Å². The molecule has 0 bridgehead atoms. The fourth-order valence-electron chi connectivity index (χ4n) is 1.32. The number of rotatable bonds is 1. The number of alkyl halides is 3. The molecule has 1 aliphatic heterocycles. The molecule has 0 saturated carbocycles. The molecule has 1 saturated heterocycles. The van der Waals surface area contributed by atoms with Crippen LogP contribution >= 0.6 is 0 Å². The van der Waals surface area contributed by atoms with Crippen LogP contribution in [0, 0.1) is 11.7 Å². The summed E-state index contributed by atoms with van der Waals surface area (Å²) >= 11 is 0. The summed E-state index contributed by atoms with van der Waals surface area (Å²) in [6.45, 7) is -0.315. The molecule has 0 N–H and O–H groups in total. The van der Waals surface area contributed by atoms with Gasteiger partial charge in [0.25, 0.3) is 0 Å². The fraction of sp³-hybridized carbons (Fsp3) is 0.500. The van der Waals surface area contributed by atoms with Crippen molar-refractivity contribution >= 4 is 5.95 Å². The van der Waals surface area contributed by atoms with Crippen LogP contribution in [-0.2, 0) is 0 Å². The number of halogens is 4. The number of nitrogens with zero attached hydrogens (tertiary/aromatic N) is 3. The van der Waals surface area contributed by atoms with Crippen LogP contribution in [0.4, 0.5) is 23.5 Å². The van der Waals surface area contributed by atoms with E-state index in [0.29, 0.717) is 0 Å². The molecule has 7 heteroatoms. The van der Waals surface area contributed by atoms with Gasteiger partial charge in [0.2, 0.25) is 5.95 Å². The first-order valence-corrected chi connectivity index (χ1v) is 4.26. The lowest BCUT2D eigenvalue weighted by Crippen LogP contribution is -2.54. The van der Waals surface area contributed by atoms with Gasteiger partial charge in [-0.25, -0.2) is 14.4 Å². The summed E-state index contributed by atoms with van der Waals surface area (Å²) in [5.74, 6) is -1.80. The van der Waals surface area contributed by atoms with Gasteiger partial charge in [-0.2, -0.15) is 13.2 Å². The van der Waals surface area contributed by atoms with Crippen molar-refractivity contribution in [3.63, 3.8) is 0 Å². The minimum atomic E-state index is -4.17. The van der Waals surface area contributed by atoms with Crippen LogP contribution in [0.5, 0.6) is 0 Å². The maximum atomic E-state index is 12.4. The highest BCUT2D eigenvalue weighted by atomic mass is 19.4. The average Bonchev–Trinajstić information content (AvgIpc) is 2.03. The third-order valence-corrected chi connectivity index (χ3v) is 2.23. The summed E-state index contributed by atoms with van der Waals surface area (Å²) in [7, 11) is 0. The Labute approximate surface area is 82.7 Å². The summed E-state index contributed by atoms with van der Waals surface area (Å²) in [5.41, 5.74) is 0. The van der Waals surface area contributed by atoms with E-state index in [1.165, 1.54) is 4.90 Å². The molecule has 0 spiro atoms. The number of anilines is 1. The van der Waals surface area contributed by atoms with E-state index < -0.39 is 17.9 Å². The molecule has 0 amide bonds. The fourth-order valence-corrected chi connectivity index (χ4v) is 1.32. The van der Waals surface area contributed by atoms with E-state index in [4.69, 9.17) is 0 Å². The third kappa shape index (κ3) is 2.00. The number of aromatic nitrogens is 2. The standard InChI is InChI=1S/C8H7F4N3/c9-6-1-13-7(14-2-6)15-3-5(4-15)8(10,11)12/h1-2,5H,3-4H2. The van der Waals surface area contributed by atoms with Crippen molar-refractivity contribution in [3.8, 4) is 0 Å². The van der Waals surface area contributed by atoms with Gasteiger partial charge >= 0.3 is 6.18 Å². The molecule has 1 aromatic heterocycles. The molecule has 15 heavy (non-hydrogen) atoms. The lowest BCUT2D eigenvalue weighted by Gasteiger charge is -2.39. The first-order valence-electron chi connectivity index (χ1n) is 4.26. The Morgan fingerprint density at radius 2 is 1.73 bits per heavy atom. The van der Waals surface area contributed by atoms with Crippen molar-refractivity contribution in [3.05, 3.63) is 18.2 Å². The lowest BCUT2D eigenvalue weighted by atomic mass is 10.0. The van der Waals surface area contributed by atoms with Crippen molar-refractivity contribution in [1.29, 1.82) is 0 Å². The largest absolute Gasteiger partial charge is 0.395 e. The van der Waals surface area contributed by atoms with Crippen molar-refractivity contribution < 1.29 is 17.6 Å². The van der Waals surface area contributed by atoms with E-state index in [1.54, 1.807) is 0 Å². The average molecular weight is 221 g/mol. The molecule has 0 unspecified atom stereocenters. The Morgan fingerprint density at radius 3 is 2.20 bits per heavy atom. The highest BCUT2D eigenvalue weighted by Gasteiger charge is 2.47. The molecule has 1 aliphatic rings. The molecule has 2 heterocycles. The molecule has 2 rings (SSSR count). The quantitative estimate of drug-likeness (QED) is 0.674. The van der Waals surface area contributed by atoms with Crippen LogP contribution < -0.4 is 4.90 Å². The Bertz CT molecular complexity index is 342. The van der Waals surface area contributed by atoms with Crippen molar-refractivity contribution in [2.24, 2.45) is 5.92 Å². The second-order valence-electron chi connectivity index (χ2n) is 3.34. The maximum Gasteiger partial charge on any atom is 0.395 e. The van der Waals surface area contributed by atoms with E-state index in [9.17, 15) is 17.6 Å². The minimum absolute atomic E-state index is 0.136. The normalized spacial score (nSPS) is 17.7. The van der Waals surface area contributed by atoms with Crippen LogP contribution in [0.15, 0.2) is 12.4 Å². The van der Waals surface area contributed by atoms with E-state index >= 15 is 0 Å². The molecule has 0 radical (unpaired) electrons. The summed E-state index contributed by atoms with van der Waals surface area (Å²) in [6.07, 6.45) is -2.30. The van der Waals surface area contributed by atoms with Gasteiger partial charge in [0, 0.05) is 13.1 Å². The van der Waals surface area contributed by atoms with Gasteiger partial charge in [-0.3, -0.25) is 0 Å². The van der Waals surface area contributed by atoms with Gasteiger partial charge in [-0.1, -0.05) is 0 Å². The Balaban J connectivity index is 1.98. The first kappa shape index (κ1) is 10.1. The van der Waals surface area contributed by atoms with E-state index in [1.807, 2.05) is 0 Å². The predicted octanol–water partition coefficient (Wildman–Crippen LogP) is 1.61. The first-order chi connectivity index (χ1) is 6.97. The van der Waals surface area contributed by atoms with Crippen LogP contribution in [0.1, 0.15) is 0 Å². The molecule has 3 nitrogen and oxygen atoms in total. The molecular formula is C8H7F4N3. The Hall–Kier alpha value is -1.40. The molecular weight excluding hydrogens is 214 g/mol.